The maximum Gasteiger partial charge on any atom is 0.0731 e. The molecule has 0 bridgehead atoms. The van der Waals surface area contributed by atoms with Gasteiger partial charge in [-0.25, -0.2) is 0 Å². The molecule has 0 amide bonds. The van der Waals surface area contributed by atoms with Gasteiger partial charge in [-0.05, 0) is 139 Å². The van der Waals surface area contributed by atoms with E-state index in [1.165, 1.54) is 77.5 Å². The number of nitrogens with zero attached hydrogens (tertiary/aromatic N) is 1. The van der Waals surface area contributed by atoms with Crippen molar-refractivity contribution in [3.8, 4) is 11.1 Å². The average molecular weight is 746 g/mol. The van der Waals surface area contributed by atoms with E-state index in [-0.39, 0.29) is 5.41 Å². The van der Waals surface area contributed by atoms with E-state index >= 15 is 0 Å². The third-order valence-electron chi connectivity index (χ3n) is 13.4. The summed E-state index contributed by atoms with van der Waals surface area (Å²) >= 11 is 0. The third-order valence-corrected chi connectivity index (χ3v) is 13.4. The Balaban J connectivity index is 0.956. The minimum absolute atomic E-state index is 0.299. The molecule has 1 unspecified atom stereocenters. The summed E-state index contributed by atoms with van der Waals surface area (Å²) in [4.78, 5) is 2.45. The first-order valence-electron chi connectivity index (χ1n) is 21.2. The Bertz CT molecular complexity index is 2780. The lowest BCUT2D eigenvalue weighted by atomic mass is 9.65. The number of hydrogen-bond donors (Lipinski definition) is 0. The van der Waals surface area contributed by atoms with Crippen molar-refractivity contribution in [1.29, 1.82) is 0 Å². The standard InChI is InChI=1S/C57H47N/c1-3-15-42(16-4-1)43-28-25-41(26-29-43)34-44(45-31-32-46-38-53-48(37-47(46)36-45)39-58-33-12-11-24-56(53)58)30-27-40-14-13-19-50(35-40)57(49-17-5-2-6-18-49)54-22-9-7-20-51(54)52-21-8-10-23-55(52)57/h1-9,11-22,24-26,28-29,31-33,35-38,44,56H,10,23,27,30,34,39H2/t44-,56?,57+/m1/s1. The van der Waals surface area contributed by atoms with E-state index in [0.717, 1.165) is 38.6 Å². The minimum Gasteiger partial charge on any atom is -0.363 e. The molecule has 0 radical (unpaired) electrons. The van der Waals surface area contributed by atoms with Gasteiger partial charge >= 0.3 is 0 Å². The van der Waals surface area contributed by atoms with Gasteiger partial charge in [-0.15, -0.1) is 0 Å². The molecule has 0 saturated carbocycles. The van der Waals surface area contributed by atoms with Crippen molar-refractivity contribution in [3.63, 3.8) is 0 Å². The average Bonchev–Trinajstić information content (AvgIpc) is 3.81. The molecule has 0 fully saturated rings. The Kier molecular flexibility index (Phi) is 8.69. The molecule has 1 heteroatoms. The summed E-state index contributed by atoms with van der Waals surface area (Å²) in [5.41, 5.74) is 17.9. The first kappa shape index (κ1) is 34.8. The summed E-state index contributed by atoms with van der Waals surface area (Å²) in [6.07, 6.45) is 18.9. The molecule has 7 aromatic carbocycles. The fourth-order valence-electron chi connectivity index (χ4n) is 10.7. The summed E-state index contributed by atoms with van der Waals surface area (Å²) in [6, 6.07) is 62.7. The Morgan fingerprint density at radius 3 is 2.31 bits per heavy atom. The molecule has 1 nitrogen and oxygen atoms in total. The van der Waals surface area contributed by atoms with Gasteiger partial charge in [-0.1, -0.05) is 176 Å². The van der Waals surface area contributed by atoms with Crippen LogP contribution in [0.3, 0.4) is 0 Å². The van der Waals surface area contributed by atoms with Crippen LogP contribution in [0.25, 0.3) is 27.5 Å². The molecule has 11 rings (SSSR count). The fourth-order valence-corrected chi connectivity index (χ4v) is 10.7. The van der Waals surface area contributed by atoms with Gasteiger partial charge in [0.05, 0.1) is 11.5 Å². The van der Waals surface area contributed by atoms with E-state index in [4.69, 9.17) is 0 Å². The molecule has 3 atom stereocenters. The van der Waals surface area contributed by atoms with E-state index in [1.54, 1.807) is 5.57 Å². The number of allylic oxidation sites excluding steroid dienone is 6. The largest absolute Gasteiger partial charge is 0.363 e. The van der Waals surface area contributed by atoms with Crippen LogP contribution < -0.4 is 0 Å². The van der Waals surface area contributed by atoms with Gasteiger partial charge in [0.25, 0.3) is 0 Å². The molecule has 2 aliphatic carbocycles. The summed E-state index contributed by atoms with van der Waals surface area (Å²) in [6.45, 7) is 0.970. The molecule has 2 heterocycles. The van der Waals surface area contributed by atoms with Gasteiger partial charge < -0.3 is 4.90 Å². The molecule has 4 aliphatic rings. The number of aryl methyl sites for hydroxylation is 1. The second-order valence-corrected chi connectivity index (χ2v) is 16.7. The number of fused-ring (bicyclic) bond motifs is 6. The van der Waals surface area contributed by atoms with Crippen LogP contribution >= 0.6 is 0 Å². The molecule has 280 valence electrons. The van der Waals surface area contributed by atoms with Crippen LogP contribution in [0.1, 0.15) is 81.3 Å². The molecule has 0 spiro atoms. The third kappa shape index (κ3) is 5.92. The zero-order chi connectivity index (χ0) is 38.5. The molecule has 0 N–H and O–H groups in total. The van der Waals surface area contributed by atoms with Crippen LogP contribution in [-0.4, -0.2) is 4.90 Å². The number of hydrogen-bond acceptors (Lipinski definition) is 1. The lowest BCUT2D eigenvalue weighted by Gasteiger charge is -2.36. The Morgan fingerprint density at radius 2 is 1.43 bits per heavy atom. The normalized spacial score (nSPS) is 19.2. The predicted molar refractivity (Wildman–Crippen MR) is 242 cm³/mol. The van der Waals surface area contributed by atoms with Crippen molar-refractivity contribution < 1.29 is 0 Å². The van der Waals surface area contributed by atoms with Crippen molar-refractivity contribution in [2.75, 3.05) is 0 Å². The van der Waals surface area contributed by atoms with E-state index in [2.05, 4.69) is 205 Å². The lowest BCUT2D eigenvalue weighted by molar-refractivity contribution is 0.350. The van der Waals surface area contributed by atoms with Crippen molar-refractivity contribution in [2.24, 2.45) is 0 Å². The zero-order valence-electron chi connectivity index (χ0n) is 32.9. The summed E-state index contributed by atoms with van der Waals surface area (Å²) in [5, 5.41) is 2.69. The molecule has 0 aromatic heterocycles. The second-order valence-electron chi connectivity index (χ2n) is 16.7. The summed E-state index contributed by atoms with van der Waals surface area (Å²) < 4.78 is 0. The van der Waals surface area contributed by atoms with Crippen molar-refractivity contribution in [3.05, 3.63) is 256 Å². The topological polar surface area (TPSA) is 3.24 Å². The summed E-state index contributed by atoms with van der Waals surface area (Å²) in [7, 11) is 0. The lowest BCUT2D eigenvalue weighted by Crippen LogP contribution is -2.30. The van der Waals surface area contributed by atoms with Crippen LogP contribution in [-0.2, 0) is 24.8 Å². The van der Waals surface area contributed by atoms with Gasteiger partial charge in [-0.2, -0.15) is 0 Å². The quantitative estimate of drug-likeness (QED) is 0.142. The monoisotopic (exact) mass is 745 g/mol. The first-order valence-corrected chi connectivity index (χ1v) is 21.2. The first-order chi connectivity index (χ1) is 28.7. The van der Waals surface area contributed by atoms with Crippen LogP contribution in [0, 0.1) is 0 Å². The van der Waals surface area contributed by atoms with Gasteiger partial charge in [0, 0.05) is 12.7 Å². The van der Waals surface area contributed by atoms with Gasteiger partial charge in [0.2, 0.25) is 0 Å². The molecule has 0 saturated heterocycles. The van der Waals surface area contributed by atoms with Gasteiger partial charge in [0.15, 0.2) is 0 Å². The van der Waals surface area contributed by atoms with Gasteiger partial charge in [-0.3, -0.25) is 0 Å². The molecule has 2 aliphatic heterocycles. The van der Waals surface area contributed by atoms with Gasteiger partial charge in [0.1, 0.15) is 0 Å². The highest BCUT2D eigenvalue weighted by atomic mass is 15.2. The highest BCUT2D eigenvalue weighted by Gasteiger charge is 2.47. The van der Waals surface area contributed by atoms with E-state index < -0.39 is 0 Å². The van der Waals surface area contributed by atoms with E-state index in [9.17, 15) is 0 Å². The molecular formula is C57H47N. The van der Waals surface area contributed by atoms with Crippen molar-refractivity contribution in [1.82, 2.24) is 4.90 Å². The maximum atomic E-state index is 2.55. The highest BCUT2D eigenvalue weighted by molar-refractivity contribution is 5.91. The number of rotatable bonds is 9. The zero-order valence-corrected chi connectivity index (χ0v) is 32.9. The molecule has 7 aromatic rings. The molecule has 58 heavy (non-hydrogen) atoms. The van der Waals surface area contributed by atoms with Crippen LogP contribution in [0.2, 0.25) is 0 Å². The molecular weight excluding hydrogens is 699 g/mol. The Morgan fingerprint density at radius 1 is 0.638 bits per heavy atom. The summed E-state index contributed by atoms with van der Waals surface area (Å²) in [5.74, 6) is 0.370. The minimum atomic E-state index is -0.299. The Hall–Kier alpha value is -6.44. The smallest absolute Gasteiger partial charge is 0.0731 e. The SMILES string of the molecule is C1=CC2c3cc4ccc([C@H](CCc5cccc([C@]6(c7ccccc7)C7=C(C=CCC7)c7ccccc76)c5)Cc5ccc(-c6ccccc6)cc5)cc4cc3CN2C=C1. The highest BCUT2D eigenvalue weighted by Crippen LogP contribution is 2.57. The Labute approximate surface area is 343 Å². The van der Waals surface area contributed by atoms with Crippen molar-refractivity contribution in [2.45, 2.75) is 56.0 Å². The second kappa shape index (κ2) is 14.5. The van der Waals surface area contributed by atoms with Crippen molar-refractivity contribution >= 4 is 16.3 Å². The van der Waals surface area contributed by atoms with Crippen LogP contribution in [0.4, 0.5) is 0 Å². The van der Waals surface area contributed by atoms with E-state index in [0.29, 0.717) is 12.0 Å². The predicted octanol–water partition coefficient (Wildman–Crippen LogP) is 13.9. The fraction of sp³-hybridized carbons (Fsp3) is 0.158. The van der Waals surface area contributed by atoms with E-state index in [1.807, 2.05) is 0 Å². The maximum absolute atomic E-state index is 2.55. The van der Waals surface area contributed by atoms with Crippen LogP contribution in [0.15, 0.2) is 206 Å². The van der Waals surface area contributed by atoms with Crippen LogP contribution in [0.5, 0.6) is 0 Å². The number of benzene rings is 7.